The SMILES string of the molecule is O=[N+]([O-])c1cc(Br)c(O)c(/C=N\c2c(-c3ccc(Cl)cc3Cl)nc3ccccn23)c1. The van der Waals surface area contributed by atoms with Gasteiger partial charge in [0.15, 0.2) is 5.82 Å². The van der Waals surface area contributed by atoms with Crippen molar-refractivity contribution in [3.8, 4) is 17.0 Å². The van der Waals surface area contributed by atoms with E-state index in [1.54, 1.807) is 28.8 Å². The molecule has 0 saturated heterocycles. The summed E-state index contributed by atoms with van der Waals surface area (Å²) < 4.78 is 1.94. The number of nitro groups is 1. The summed E-state index contributed by atoms with van der Waals surface area (Å²) in [6.07, 6.45) is 3.13. The molecule has 7 nitrogen and oxygen atoms in total. The van der Waals surface area contributed by atoms with Crippen LogP contribution in [0.4, 0.5) is 11.5 Å². The molecular weight excluding hydrogens is 495 g/mol. The zero-order valence-electron chi connectivity index (χ0n) is 15.0. The monoisotopic (exact) mass is 504 g/mol. The topological polar surface area (TPSA) is 93.0 Å². The molecule has 0 fully saturated rings. The maximum Gasteiger partial charge on any atom is 0.271 e. The van der Waals surface area contributed by atoms with Crippen LogP contribution in [0.2, 0.25) is 10.0 Å². The molecule has 2 aromatic carbocycles. The van der Waals surface area contributed by atoms with Crippen LogP contribution in [-0.2, 0) is 0 Å². The van der Waals surface area contributed by atoms with Gasteiger partial charge in [-0.15, -0.1) is 0 Å². The number of nitro benzene ring substituents is 1. The number of phenols is 1. The minimum Gasteiger partial charge on any atom is -0.506 e. The lowest BCUT2D eigenvalue weighted by Crippen LogP contribution is -1.92. The number of hydrogen-bond acceptors (Lipinski definition) is 5. The summed E-state index contributed by atoms with van der Waals surface area (Å²) in [6.45, 7) is 0. The molecule has 0 spiro atoms. The fourth-order valence-corrected chi connectivity index (χ4v) is 3.87. The van der Waals surface area contributed by atoms with E-state index in [9.17, 15) is 15.2 Å². The van der Waals surface area contributed by atoms with Gasteiger partial charge in [0, 0.05) is 40.7 Å². The molecule has 150 valence electrons. The van der Waals surface area contributed by atoms with E-state index in [2.05, 4.69) is 25.9 Å². The van der Waals surface area contributed by atoms with E-state index in [1.165, 1.54) is 18.3 Å². The van der Waals surface area contributed by atoms with Crippen LogP contribution in [0.3, 0.4) is 0 Å². The van der Waals surface area contributed by atoms with Gasteiger partial charge >= 0.3 is 0 Å². The summed E-state index contributed by atoms with van der Waals surface area (Å²) in [7, 11) is 0. The molecule has 0 amide bonds. The van der Waals surface area contributed by atoms with E-state index in [4.69, 9.17) is 23.2 Å². The second-order valence-corrected chi connectivity index (χ2v) is 7.92. The van der Waals surface area contributed by atoms with Crippen molar-refractivity contribution in [2.45, 2.75) is 0 Å². The van der Waals surface area contributed by atoms with Gasteiger partial charge in [0.1, 0.15) is 17.1 Å². The molecule has 1 N–H and O–H groups in total. The Kier molecular flexibility index (Phi) is 5.46. The van der Waals surface area contributed by atoms with Gasteiger partial charge in [0.25, 0.3) is 5.69 Å². The lowest BCUT2D eigenvalue weighted by Gasteiger charge is -2.05. The van der Waals surface area contributed by atoms with Gasteiger partial charge in [-0.3, -0.25) is 14.5 Å². The Morgan fingerprint density at radius 1 is 1.20 bits per heavy atom. The Balaban J connectivity index is 1.90. The van der Waals surface area contributed by atoms with Crippen LogP contribution in [0.25, 0.3) is 16.9 Å². The first-order valence-corrected chi connectivity index (χ1v) is 10.0. The summed E-state index contributed by atoms with van der Waals surface area (Å²) >= 11 is 15.5. The molecule has 4 rings (SSSR count). The van der Waals surface area contributed by atoms with E-state index >= 15 is 0 Å². The van der Waals surface area contributed by atoms with Crippen LogP contribution in [0, 0.1) is 10.1 Å². The predicted octanol–water partition coefficient (Wildman–Crippen LogP) is 6.44. The largest absolute Gasteiger partial charge is 0.506 e. The van der Waals surface area contributed by atoms with Crippen molar-refractivity contribution in [1.29, 1.82) is 0 Å². The number of halogens is 3. The third-order valence-corrected chi connectivity index (χ3v) is 5.46. The van der Waals surface area contributed by atoms with Gasteiger partial charge in [-0.05, 0) is 46.3 Å². The van der Waals surface area contributed by atoms with Crippen molar-refractivity contribution in [2.24, 2.45) is 4.99 Å². The van der Waals surface area contributed by atoms with E-state index < -0.39 is 4.92 Å². The predicted molar refractivity (Wildman–Crippen MR) is 120 cm³/mol. The molecule has 2 heterocycles. The highest BCUT2D eigenvalue weighted by atomic mass is 79.9. The molecule has 0 saturated carbocycles. The van der Waals surface area contributed by atoms with Crippen molar-refractivity contribution in [3.05, 3.63) is 84.9 Å². The number of phenolic OH excluding ortho intramolecular Hbond substituents is 1. The molecule has 4 aromatic rings. The number of nitrogens with zero attached hydrogens (tertiary/aromatic N) is 4. The van der Waals surface area contributed by atoms with Crippen LogP contribution in [-0.4, -0.2) is 25.6 Å². The fourth-order valence-electron chi connectivity index (χ4n) is 2.91. The smallest absolute Gasteiger partial charge is 0.271 e. The molecule has 0 atom stereocenters. The molecular formula is C20H11BrCl2N4O3. The number of benzene rings is 2. The number of aromatic hydroxyl groups is 1. The van der Waals surface area contributed by atoms with Crippen molar-refractivity contribution >= 4 is 62.5 Å². The Hall–Kier alpha value is -2.94. The summed E-state index contributed by atoms with van der Waals surface area (Å²) in [4.78, 5) is 19.7. The van der Waals surface area contributed by atoms with Crippen LogP contribution >= 0.6 is 39.1 Å². The number of imidazole rings is 1. The molecule has 10 heteroatoms. The fraction of sp³-hybridized carbons (Fsp3) is 0. The maximum atomic E-state index is 11.1. The third kappa shape index (κ3) is 3.77. The molecule has 0 aliphatic rings. The van der Waals surface area contributed by atoms with Crippen LogP contribution < -0.4 is 0 Å². The first-order valence-electron chi connectivity index (χ1n) is 8.48. The highest BCUT2D eigenvalue weighted by Gasteiger charge is 2.17. The Bertz CT molecular complexity index is 1340. The van der Waals surface area contributed by atoms with E-state index in [0.29, 0.717) is 32.8 Å². The quantitative estimate of drug-likeness (QED) is 0.196. The highest BCUT2D eigenvalue weighted by Crippen LogP contribution is 2.37. The van der Waals surface area contributed by atoms with Crippen molar-refractivity contribution < 1.29 is 10.0 Å². The van der Waals surface area contributed by atoms with Gasteiger partial charge in [-0.2, -0.15) is 0 Å². The molecule has 0 bridgehead atoms. The van der Waals surface area contributed by atoms with Crippen LogP contribution in [0.15, 0.2) is 64.2 Å². The number of aliphatic imine (C=N–C) groups is 1. The first-order chi connectivity index (χ1) is 14.3. The second kappa shape index (κ2) is 8.06. The number of fused-ring (bicyclic) bond motifs is 1. The van der Waals surface area contributed by atoms with E-state index in [-0.39, 0.29) is 21.5 Å². The number of rotatable bonds is 4. The van der Waals surface area contributed by atoms with Gasteiger partial charge in [-0.1, -0.05) is 29.3 Å². The van der Waals surface area contributed by atoms with E-state index in [0.717, 1.165) is 0 Å². The van der Waals surface area contributed by atoms with Gasteiger partial charge < -0.3 is 5.11 Å². The summed E-state index contributed by atoms with van der Waals surface area (Å²) in [5, 5.41) is 22.3. The zero-order valence-corrected chi connectivity index (χ0v) is 18.1. The van der Waals surface area contributed by atoms with Gasteiger partial charge in [-0.25, -0.2) is 9.98 Å². The van der Waals surface area contributed by atoms with Crippen LogP contribution in [0.1, 0.15) is 5.56 Å². The first kappa shape index (κ1) is 20.3. The molecule has 2 aromatic heterocycles. The number of non-ortho nitro benzene ring substituents is 1. The molecule has 0 aliphatic carbocycles. The lowest BCUT2D eigenvalue weighted by atomic mass is 10.1. The van der Waals surface area contributed by atoms with E-state index in [1.807, 2.05) is 18.2 Å². The van der Waals surface area contributed by atoms with Gasteiger partial charge in [0.05, 0.1) is 14.4 Å². The summed E-state index contributed by atoms with van der Waals surface area (Å²) in [6, 6.07) is 13.0. The van der Waals surface area contributed by atoms with Crippen LogP contribution in [0.5, 0.6) is 5.75 Å². The highest BCUT2D eigenvalue weighted by molar-refractivity contribution is 9.10. The summed E-state index contributed by atoms with van der Waals surface area (Å²) in [5.74, 6) is 0.279. The normalized spacial score (nSPS) is 11.4. The minimum absolute atomic E-state index is 0.163. The average molecular weight is 506 g/mol. The summed E-state index contributed by atoms with van der Waals surface area (Å²) in [5.41, 5.74) is 1.76. The zero-order chi connectivity index (χ0) is 21.4. The maximum absolute atomic E-state index is 11.1. The number of pyridine rings is 1. The number of aromatic nitrogens is 2. The molecule has 30 heavy (non-hydrogen) atoms. The van der Waals surface area contributed by atoms with Crippen molar-refractivity contribution in [3.63, 3.8) is 0 Å². The third-order valence-electron chi connectivity index (χ3n) is 4.31. The van der Waals surface area contributed by atoms with Crippen molar-refractivity contribution in [2.75, 3.05) is 0 Å². The van der Waals surface area contributed by atoms with Gasteiger partial charge in [0.2, 0.25) is 0 Å². The van der Waals surface area contributed by atoms with Crippen molar-refractivity contribution in [1.82, 2.24) is 9.38 Å². The average Bonchev–Trinajstić information content (AvgIpc) is 3.07. The lowest BCUT2D eigenvalue weighted by molar-refractivity contribution is -0.385. The molecule has 0 unspecified atom stereocenters. The number of hydrogen-bond donors (Lipinski definition) is 1. The Labute approximate surface area is 188 Å². The Morgan fingerprint density at radius 3 is 2.73 bits per heavy atom. The Morgan fingerprint density at radius 2 is 2.00 bits per heavy atom. The molecule has 0 aliphatic heterocycles. The standard InChI is InChI=1S/C20H11BrCl2N4O3/c21-15-9-13(27(29)30)7-11(19(15)28)10-24-20-18(14-5-4-12(22)8-16(14)23)25-17-3-1-2-6-26(17)20/h1-10,28H/b24-10-. The molecule has 0 radical (unpaired) electrons. The second-order valence-electron chi connectivity index (χ2n) is 6.22. The minimum atomic E-state index is -0.547.